The van der Waals surface area contributed by atoms with Crippen LogP contribution in [0.5, 0.6) is 0 Å². The summed E-state index contributed by atoms with van der Waals surface area (Å²) in [6.07, 6.45) is -3.37. The monoisotopic (exact) mass is 467 g/mol. The largest absolute Gasteiger partial charge is 0.790 e. The van der Waals surface area contributed by atoms with Crippen molar-refractivity contribution in [3.8, 4) is 0 Å². The van der Waals surface area contributed by atoms with Gasteiger partial charge in [0.1, 0.15) is 24.6 Å². The van der Waals surface area contributed by atoms with E-state index in [0.29, 0.717) is 0 Å². The first-order chi connectivity index (χ1) is 11.5. The van der Waals surface area contributed by atoms with E-state index in [2.05, 4.69) is 35.4 Å². The van der Waals surface area contributed by atoms with Crippen LogP contribution in [0.4, 0.5) is 0 Å². The van der Waals surface area contributed by atoms with Gasteiger partial charge in [0, 0.05) is 22.1 Å². The van der Waals surface area contributed by atoms with Crippen molar-refractivity contribution in [1.82, 2.24) is 0 Å². The van der Waals surface area contributed by atoms with E-state index in [-0.39, 0.29) is 27.6 Å². The van der Waals surface area contributed by atoms with Gasteiger partial charge in [-0.2, -0.15) is 0 Å². The predicted octanol–water partition coefficient (Wildman–Crippen LogP) is -3.76. The van der Waals surface area contributed by atoms with E-state index in [1.807, 2.05) is 0 Å². The number of ether oxygens (including phenoxy) is 1. The molecule has 0 aromatic carbocycles. The molecular weight excluding hydrogens is 456 g/mol. The van der Waals surface area contributed by atoms with Gasteiger partial charge in [-0.05, 0) is 10.7 Å². The van der Waals surface area contributed by atoms with Crippen molar-refractivity contribution >= 4 is 42.8 Å². The van der Waals surface area contributed by atoms with Crippen molar-refractivity contribution in [3.63, 3.8) is 0 Å². The smallest absolute Gasteiger partial charge is 0.279 e. The topological polar surface area (TPSA) is 163 Å². The number of nitrogens with zero attached hydrogens (tertiary/aromatic N) is 1. The SMILES string of the molecule is O=C([S-])c1[c-]c(C(O)=[SH+])c[n+]([C@@H]2O[C@H](COP(=O)([O-])[O-])[C@@H](O)[C@H]2O)c1.[Ni]. The zero-order valence-corrected chi connectivity index (χ0v) is 16.1. The number of thiol groups is 1. The average Bonchev–Trinajstić information content (AvgIpc) is 2.79. The van der Waals surface area contributed by atoms with Gasteiger partial charge in [0.15, 0.2) is 18.3 Å². The quantitative estimate of drug-likeness (QED) is 0.0553. The van der Waals surface area contributed by atoms with Gasteiger partial charge in [0.25, 0.3) is 11.3 Å². The van der Waals surface area contributed by atoms with E-state index < -0.39 is 49.1 Å². The first-order valence-electron chi connectivity index (χ1n) is 6.62. The molecule has 1 aliphatic rings. The van der Waals surface area contributed by atoms with Gasteiger partial charge in [-0.1, -0.05) is 6.07 Å². The van der Waals surface area contributed by atoms with E-state index in [0.717, 1.165) is 10.8 Å². The van der Waals surface area contributed by atoms with Crippen molar-refractivity contribution in [2.45, 2.75) is 24.5 Å². The fourth-order valence-electron chi connectivity index (χ4n) is 2.19. The first kappa shape index (κ1) is 23.6. The molecule has 0 unspecified atom stereocenters. The third-order valence-corrected chi connectivity index (χ3v) is 4.24. The summed E-state index contributed by atoms with van der Waals surface area (Å²) in [5, 5.41) is 28.2. The fourth-order valence-corrected chi connectivity index (χ4v) is 2.73. The Balaban J connectivity index is 0.00000338. The number of aliphatic hydroxyl groups is 3. The van der Waals surface area contributed by atoms with Crippen LogP contribution >= 0.6 is 7.82 Å². The molecule has 14 heteroatoms. The summed E-state index contributed by atoms with van der Waals surface area (Å²) in [5.74, 6) is 0. The Morgan fingerprint density at radius 1 is 1.38 bits per heavy atom. The Morgan fingerprint density at radius 2 is 1.96 bits per heavy atom. The van der Waals surface area contributed by atoms with E-state index in [1.165, 1.54) is 6.20 Å². The van der Waals surface area contributed by atoms with Crippen LogP contribution in [-0.4, -0.2) is 50.4 Å². The first-order valence-corrected chi connectivity index (χ1v) is 8.94. The van der Waals surface area contributed by atoms with Gasteiger partial charge >= 0.3 is 0 Å². The van der Waals surface area contributed by atoms with Gasteiger partial charge in [-0.15, -0.1) is 0 Å². The van der Waals surface area contributed by atoms with Crippen molar-refractivity contribution in [3.05, 3.63) is 29.6 Å². The minimum Gasteiger partial charge on any atom is -0.790 e. The molecule has 0 aliphatic carbocycles. The zero-order chi connectivity index (χ0) is 18.9. The van der Waals surface area contributed by atoms with E-state index in [1.54, 1.807) is 0 Å². The van der Waals surface area contributed by atoms with Crippen LogP contribution in [0.2, 0.25) is 0 Å². The molecule has 1 fully saturated rings. The molecule has 0 saturated carbocycles. The number of hydrogen-bond acceptors (Lipinski definition) is 9. The number of aromatic nitrogens is 1. The molecule has 4 atom stereocenters. The molecule has 3 N–H and O–H groups in total. The molecule has 10 nitrogen and oxygen atoms in total. The Kier molecular flexibility index (Phi) is 8.34. The number of hydrogen-bond donors (Lipinski definition) is 3. The number of pyridine rings is 1. The Bertz CT molecular complexity index is 713. The summed E-state index contributed by atoms with van der Waals surface area (Å²) in [4.78, 5) is 32.4. The molecule has 148 valence electrons. The Labute approximate surface area is 168 Å². The summed E-state index contributed by atoms with van der Waals surface area (Å²) < 4.78 is 21.0. The molecule has 2 rings (SSSR count). The molecule has 1 aromatic rings. The number of rotatable bonds is 6. The molecule has 1 aromatic heterocycles. The van der Waals surface area contributed by atoms with Crippen molar-refractivity contribution in [1.29, 1.82) is 0 Å². The predicted molar refractivity (Wildman–Crippen MR) is 82.1 cm³/mol. The molecule has 0 amide bonds. The van der Waals surface area contributed by atoms with Crippen LogP contribution in [0, 0.1) is 6.07 Å². The minimum absolute atomic E-state index is 0. The average molecular weight is 468 g/mol. The van der Waals surface area contributed by atoms with Crippen LogP contribution in [0.15, 0.2) is 12.4 Å². The maximum Gasteiger partial charge on any atom is 0.279 e. The minimum atomic E-state index is -5.29. The van der Waals surface area contributed by atoms with Gasteiger partial charge in [0.2, 0.25) is 0 Å². The van der Waals surface area contributed by atoms with Crippen LogP contribution in [0.3, 0.4) is 0 Å². The number of aliphatic hydroxyl groups excluding tert-OH is 3. The standard InChI is InChI=1S/C12H14NO9PS2.Ni/c14-8-7(4-21-23(18,19)20)22-10(9(8)15)13-2-5(11(16)24)1-6(3-13)12(17)25;/h2-3,7-10,14-15H,4H2,(H,16,24)(H,17,25)(H2,18,19,20);/p-2/t7-,8-,9-,10-;/m1./s1. The van der Waals surface area contributed by atoms with Crippen molar-refractivity contribution in [2.75, 3.05) is 6.61 Å². The maximum absolute atomic E-state index is 11.4. The summed E-state index contributed by atoms with van der Waals surface area (Å²) in [6.45, 7) is -0.803. The molecule has 0 radical (unpaired) electrons. The third-order valence-electron chi connectivity index (χ3n) is 3.31. The second-order valence-electron chi connectivity index (χ2n) is 5.06. The van der Waals surface area contributed by atoms with Crippen LogP contribution in [0.1, 0.15) is 22.1 Å². The molecule has 1 aliphatic heterocycles. The summed E-state index contributed by atoms with van der Waals surface area (Å²) in [6, 6.07) is 2.51. The van der Waals surface area contributed by atoms with Crippen LogP contribution in [-0.2, 0) is 55.2 Å². The van der Waals surface area contributed by atoms with E-state index in [4.69, 9.17) is 4.74 Å². The second kappa shape index (κ2) is 9.18. The van der Waals surface area contributed by atoms with Crippen molar-refractivity contribution < 1.29 is 64.8 Å². The van der Waals surface area contributed by atoms with Crippen LogP contribution < -0.4 is 14.4 Å². The molecular formula is C12H12NNiO9PS2-2. The summed E-state index contributed by atoms with van der Waals surface area (Å²) in [5.41, 5.74) is -0.172. The normalized spacial score (nSPS) is 25.6. The fraction of sp³-hybridized carbons (Fsp3) is 0.417. The maximum atomic E-state index is 11.4. The van der Waals surface area contributed by atoms with Gasteiger partial charge in [-0.25, -0.2) is 4.57 Å². The van der Waals surface area contributed by atoms with E-state index >= 15 is 0 Å². The number of carbonyl (C=O) groups excluding carboxylic acids is 1. The molecule has 2 heterocycles. The number of phosphoric acid groups is 1. The zero-order valence-electron chi connectivity index (χ0n) is 12.5. The van der Waals surface area contributed by atoms with Crippen LogP contribution in [0.25, 0.3) is 0 Å². The number of carbonyl (C=O) groups is 1. The van der Waals surface area contributed by atoms with Gasteiger partial charge in [-0.3, -0.25) is 0 Å². The molecule has 0 bridgehead atoms. The molecule has 0 spiro atoms. The van der Waals surface area contributed by atoms with Crippen molar-refractivity contribution in [2.24, 2.45) is 0 Å². The Morgan fingerprint density at radius 3 is 2.46 bits per heavy atom. The summed E-state index contributed by atoms with van der Waals surface area (Å²) in [7, 11) is -5.29. The van der Waals surface area contributed by atoms with Gasteiger partial charge in [0.05, 0.1) is 14.4 Å². The Hall–Kier alpha value is -0.426. The molecule has 1 saturated heterocycles. The number of phosphoric ester groups is 1. The summed E-state index contributed by atoms with van der Waals surface area (Å²) >= 11 is 8.24. The van der Waals surface area contributed by atoms with Gasteiger partial charge < -0.3 is 56.4 Å². The third kappa shape index (κ3) is 5.78. The molecule has 26 heavy (non-hydrogen) atoms. The second-order valence-corrected chi connectivity index (χ2v) is 7.01. The van der Waals surface area contributed by atoms with E-state index in [9.17, 15) is 34.5 Å².